The monoisotopic (exact) mass is 396 g/mol. The zero-order valence-corrected chi connectivity index (χ0v) is 15.9. The van der Waals surface area contributed by atoms with Gasteiger partial charge in [-0.3, -0.25) is 4.57 Å². The van der Waals surface area contributed by atoms with Crippen molar-refractivity contribution in [3.63, 3.8) is 0 Å². The van der Waals surface area contributed by atoms with E-state index in [4.69, 9.17) is 35.4 Å². The fourth-order valence-corrected chi connectivity index (χ4v) is 3.52. The van der Waals surface area contributed by atoms with E-state index in [1.54, 1.807) is 0 Å². The first kappa shape index (κ1) is 17.1. The number of hydrogen-bond acceptors (Lipinski definition) is 1. The van der Waals surface area contributed by atoms with E-state index < -0.39 is 0 Å². The van der Waals surface area contributed by atoms with Gasteiger partial charge in [0.1, 0.15) is 0 Å². The Labute approximate surface area is 166 Å². The number of halogens is 2. The van der Waals surface area contributed by atoms with Crippen molar-refractivity contribution < 1.29 is 0 Å². The molecule has 0 bridgehead atoms. The lowest BCUT2D eigenvalue weighted by molar-refractivity contribution is 1.04. The lowest BCUT2D eigenvalue weighted by Gasteiger charge is -2.11. The van der Waals surface area contributed by atoms with E-state index in [9.17, 15) is 0 Å². The minimum Gasteiger partial charge on any atom is -0.330 e. The molecule has 0 saturated carbocycles. The van der Waals surface area contributed by atoms with Gasteiger partial charge in [0.2, 0.25) is 0 Å². The van der Waals surface area contributed by atoms with Crippen molar-refractivity contribution in [3.05, 3.63) is 93.7 Å². The Morgan fingerprint density at radius 3 is 1.81 bits per heavy atom. The molecule has 0 amide bonds. The molecule has 0 aliphatic carbocycles. The minimum atomic E-state index is 0.631. The van der Waals surface area contributed by atoms with Crippen LogP contribution in [-0.2, 0) is 0 Å². The summed E-state index contributed by atoms with van der Waals surface area (Å²) in [6.45, 7) is 0. The molecule has 0 saturated heterocycles. The summed E-state index contributed by atoms with van der Waals surface area (Å²) in [5.41, 5.74) is 4.97. The van der Waals surface area contributed by atoms with Crippen molar-refractivity contribution in [3.8, 4) is 28.2 Å². The number of rotatable bonds is 3. The topological polar surface area (TPSA) is 20.7 Å². The molecule has 0 aliphatic rings. The Morgan fingerprint density at radius 1 is 0.692 bits per heavy atom. The molecular weight excluding hydrogens is 383 g/mol. The predicted octanol–water partition coefficient (Wildman–Crippen LogP) is 7.18. The number of imidazole rings is 1. The summed E-state index contributed by atoms with van der Waals surface area (Å²) in [6.07, 6.45) is 0. The number of nitrogens with zero attached hydrogens (tertiary/aromatic N) is 1. The van der Waals surface area contributed by atoms with Gasteiger partial charge < -0.3 is 4.98 Å². The summed E-state index contributed by atoms with van der Waals surface area (Å²) in [6, 6.07) is 25.5. The Hall–Kier alpha value is -2.33. The molecule has 0 fully saturated rings. The second kappa shape index (κ2) is 7.12. The third kappa shape index (κ3) is 3.21. The molecule has 2 nitrogen and oxygen atoms in total. The van der Waals surface area contributed by atoms with E-state index in [0.717, 1.165) is 28.2 Å². The maximum Gasteiger partial charge on any atom is 0.182 e. The zero-order valence-electron chi connectivity index (χ0n) is 13.6. The van der Waals surface area contributed by atoms with Crippen molar-refractivity contribution in [2.75, 3.05) is 0 Å². The average molecular weight is 397 g/mol. The summed E-state index contributed by atoms with van der Waals surface area (Å²) >= 11 is 17.8. The van der Waals surface area contributed by atoms with Crippen LogP contribution >= 0.6 is 35.4 Å². The van der Waals surface area contributed by atoms with Crippen LogP contribution in [0.2, 0.25) is 10.0 Å². The van der Waals surface area contributed by atoms with Gasteiger partial charge in [0.05, 0.1) is 11.4 Å². The SMILES string of the molecule is S=c1[nH]c(-c2ccc(Cl)cc2)c(-c2ccc(Cl)cc2)n1-c1ccccc1. The summed E-state index contributed by atoms with van der Waals surface area (Å²) in [4.78, 5) is 3.36. The fourth-order valence-electron chi connectivity index (χ4n) is 2.97. The summed E-state index contributed by atoms with van der Waals surface area (Å²) in [5.74, 6) is 0. The van der Waals surface area contributed by atoms with Crippen molar-refractivity contribution in [2.24, 2.45) is 0 Å². The molecule has 0 radical (unpaired) electrons. The van der Waals surface area contributed by atoms with Crippen molar-refractivity contribution in [1.82, 2.24) is 9.55 Å². The quantitative estimate of drug-likeness (QED) is 0.363. The number of para-hydroxylation sites is 1. The number of nitrogens with one attached hydrogen (secondary N) is 1. The minimum absolute atomic E-state index is 0.631. The van der Waals surface area contributed by atoms with E-state index >= 15 is 0 Å². The highest BCUT2D eigenvalue weighted by Gasteiger charge is 2.17. The molecule has 3 aromatic carbocycles. The first-order valence-electron chi connectivity index (χ1n) is 8.06. The Morgan fingerprint density at radius 2 is 1.23 bits per heavy atom. The van der Waals surface area contributed by atoms with Crippen LogP contribution in [0, 0.1) is 4.77 Å². The molecule has 0 spiro atoms. The van der Waals surface area contributed by atoms with Gasteiger partial charge >= 0.3 is 0 Å². The van der Waals surface area contributed by atoms with Crippen LogP contribution in [0.25, 0.3) is 28.2 Å². The Kier molecular flexibility index (Phi) is 4.68. The Bertz CT molecular complexity index is 1100. The van der Waals surface area contributed by atoms with E-state index in [-0.39, 0.29) is 0 Å². The highest BCUT2D eigenvalue weighted by atomic mass is 35.5. The highest BCUT2D eigenvalue weighted by molar-refractivity contribution is 7.71. The second-order valence-corrected chi connectivity index (χ2v) is 7.10. The molecule has 1 N–H and O–H groups in total. The van der Waals surface area contributed by atoms with Crippen LogP contribution in [0.3, 0.4) is 0 Å². The van der Waals surface area contributed by atoms with Crippen LogP contribution in [0.1, 0.15) is 0 Å². The molecule has 0 aliphatic heterocycles. The molecule has 0 unspecified atom stereocenters. The number of aromatic amines is 1. The lowest BCUT2D eigenvalue weighted by atomic mass is 10.0. The molecule has 5 heteroatoms. The molecule has 4 rings (SSSR count). The van der Waals surface area contributed by atoms with Gasteiger partial charge in [-0.2, -0.15) is 0 Å². The largest absolute Gasteiger partial charge is 0.330 e. The third-order valence-electron chi connectivity index (χ3n) is 4.16. The van der Waals surface area contributed by atoms with Gasteiger partial charge in [0.25, 0.3) is 0 Å². The molecule has 1 heterocycles. The normalized spacial score (nSPS) is 10.8. The molecular formula is C21H14Cl2N2S. The number of benzene rings is 3. The first-order chi connectivity index (χ1) is 12.6. The van der Waals surface area contributed by atoms with Crippen LogP contribution in [0.4, 0.5) is 0 Å². The molecule has 0 atom stereocenters. The molecule has 4 aromatic rings. The molecule has 128 valence electrons. The van der Waals surface area contributed by atoms with Crippen LogP contribution in [0.5, 0.6) is 0 Å². The van der Waals surface area contributed by atoms with Crippen molar-refractivity contribution >= 4 is 35.4 Å². The van der Waals surface area contributed by atoms with E-state index in [1.807, 2.05) is 83.4 Å². The fraction of sp³-hybridized carbons (Fsp3) is 0. The maximum atomic E-state index is 6.09. The highest BCUT2D eigenvalue weighted by Crippen LogP contribution is 2.35. The summed E-state index contributed by atoms with van der Waals surface area (Å²) in [5, 5.41) is 1.39. The average Bonchev–Trinajstić information content (AvgIpc) is 3.01. The number of hydrogen-bond donors (Lipinski definition) is 1. The number of aromatic nitrogens is 2. The van der Waals surface area contributed by atoms with Crippen LogP contribution in [-0.4, -0.2) is 9.55 Å². The van der Waals surface area contributed by atoms with Crippen LogP contribution < -0.4 is 0 Å². The van der Waals surface area contributed by atoms with Crippen molar-refractivity contribution in [2.45, 2.75) is 0 Å². The smallest absolute Gasteiger partial charge is 0.182 e. The third-order valence-corrected chi connectivity index (χ3v) is 4.95. The maximum absolute atomic E-state index is 6.09. The van der Waals surface area contributed by atoms with Gasteiger partial charge in [-0.25, -0.2) is 0 Å². The van der Waals surface area contributed by atoms with Gasteiger partial charge in [0, 0.05) is 26.9 Å². The molecule has 26 heavy (non-hydrogen) atoms. The Balaban J connectivity index is 2.02. The number of H-pyrrole nitrogens is 1. The predicted molar refractivity (Wildman–Crippen MR) is 112 cm³/mol. The van der Waals surface area contributed by atoms with E-state index in [1.165, 1.54) is 0 Å². The summed E-state index contributed by atoms with van der Waals surface area (Å²) < 4.78 is 2.67. The van der Waals surface area contributed by atoms with Gasteiger partial charge in [-0.05, 0) is 48.6 Å². The van der Waals surface area contributed by atoms with Crippen molar-refractivity contribution in [1.29, 1.82) is 0 Å². The second-order valence-electron chi connectivity index (χ2n) is 5.84. The van der Waals surface area contributed by atoms with Gasteiger partial charge in [-0.1, -0.05) is 65.7 Å². The first-order valence-corrected chi connectivity index (χ1v) is 9.22. The standard InChI is InChI=1S/C21H14Cl2N2S/c22-16-10-6-14(7-11-16)19-20(15-8-12-17(23)13-9-15)25(21(26)24-19)18-4-2-1-3-5-18/h1-13H,(H,24,26). The lowest BCUT2D eigenvalue weighted by Crippen LogP contribution is -1.97. The zero-order chi connectivity index (χ0) is 18.1. The molecule has 1 aromatic heterocycles. The van der Waals surface area contributed by atoms with Crippen LogP contribution in [0.15, 0.2) is 78.9 Å². The van der Waals surface area contributed by atoms with Gasteiger partial charge in [-0.15, -0.1) is 0 Å². The van der Waals surface area contributed by atoms with E-state index in [2.05, 4.69) is 4.98 Å². The summed E-state index contributed by atoms with van der Waals surface area (Å²) in [7, 11) is 0. The van der Waals surface area contributed by atoms with Gasteiger partial charge in [0.15, 0.2) is 4.77 Å². The van der Waals surface area contributed by atoms with E-state index in [0.29, 0.717) is 14.8 Å².